The molecule has 0 saturated heterocycles. The molecule has 4 heteroatoms. The van der Waals surface area contributed by atoms with Gasteiger partial charge in [0.15, 0.2) is 17.5 Å². The second-order valence-electron chi connectivity index (χ2n) is 14.1. The van der Waals surface area contributed by atoms with E-state index in [1.54, 1.807) is 0 Å². The third kappa shape index (κ3) is 5.26. The normalized spacial score (nSPS) is 11.6. The van der Waals surface area contributed by atoms with Gasteiger partial charge in [0.2, 0.25) is 0 Å². The maximum atomic E-state index is 5.29. The molecule has 4 nitrogen and oxygen atoms in total. The summed E-state index contributed by atoms with van der Waals surface area (Å²) in [6.45, 7) is 0. The molecule has 0 aliphatic carbocycles. The molecule has 0 spiro atoms. The van der Waals surface area contributed by atoms with Crippen molar-refractivity contribution in [1.29, 1.82) is 0 Å². The number of para-hydroxylation sites is 1. The van der Waals surface area contributed by atoms with Gasteiger partial charge in [-0.3, -0.25) is 0 Å². The van der Waals surface area contributed by atoms with E-state index in [9.17, 15) is 0 Å². The van der Waals surface area contributed by atoms with Gasteiger partial charge in [0.25, 0.3) is 0 Å². The van der Waals surface area contributed by atoms with Gasteiger partial charge in [0, 0.05) is 38.5 Å². The summed E-state index contributed by atoms with van der Waals surface area (Å²) in [5, 5.41) is 9.37. The lowest BCUT2D eigenvalue weighted by molar-refractivity contribution is 1.07. The molecule has 0 aliphatic heterocycles. The summed E-state index contributed by atoms with van der Waals surface area (Å²) in [6.07, 6.45) is 0. The molecular formula is C51H32N4. The van der Waals surface area contributed by atoms with Crippen LogP contribution in [-0.2, 0) is 0 Å². The van der Waals surface area contributed by atoms with Crippen molar-refractivity contribution in [3.63, 3.8) is 0 Å². The largest absolute Gasteiger partial charge is 0.309 e. The molecule has 2 heterocycles. The Kier molecular flexibility index (Phi) is 7.14. The standard InChI is InChI=1S/C51H32N4/c1-3-13-33(14-4-1)36-23-24-38-30-40(26-25-37(38)29-36)50-52-49(35-16-5-2-6-17-35)53-51(54-50)46-32-41(31-39-18-8-9-19-42(39)46)55-47-22-12-11-21-44(47)45-28-27-34-15-7-10-20-43(34)48(45)55/h1-32H. The summed E-state index contributed by atoms with van der Waals surface area (Å²) >= 11 is 0. The van der Waals surface area contributed by atoms with Crippen molar-refractivity contribution in [1.82, 2.24) is 19.5 Å². The summed E-state index contributed by atoms with van der Waals surface area (Å²) in [6, 6.07) is 68.7. The molecule has 11 rings (SSSR count). The molecule has 0 fully saturated rings. The maximum Gasteiger partial charge on any atom is 0.164 e. The van der Waals surface area contributed by atoms with Crippen LogP contribution in [0.5, 0.6) is 0 Å². The first-order chi connectivity index (χ1) is 27.2. The van der Waals surface area contributed by atoms with Crippen LogP contribution in [0.25, 0.3) is 105 Å². The topological polar surface area (TPSA) is 43.6 Å². The fraction of sp³-hybridized carbons (Fsp3) is 0. The first-order valence-electron chi connectivity index (χ1n) is 18.6. The first-order valence-corrected chi connectivity index (χ1v) is 18.6. The SMILES string of the molecule is c1ccc(-c2ccc3cc(-c4nc(-c5ccccc5)nc(-c5cc(-n6c7ccccc7c7ccc8ccccc8c76)cc6ccccc56)n4)ccc3c2)cc1. The molecule has 2 aromatic heterocycles. The van der Waals surface area contributed by atoms with Gasteiger partial charge in [-0.2, -0.15) is 0 Å². The molecule has 0 amide bonds. The molecule has 0 radical (unpaired) electrons. The predicted octanol–water partition coefficient (Wildman–Crippen LogP) is 13.1. The molecule has 0 bridgehead atoms. The number of fused-ring (bicyclic) bond motifs is 7. The van der Waals surface area contributed by atoms with Gasteiger partial charge in [-0.15, -0.1) is 0 Å². The number of aromatic nitrogens is 4. The van der Waals surface area contributed by atoms with E-state index in [2.05, 4.69) is 180 Å². The van der Waals surface area contributed by atoms with Crippen molar-refractivity contribution in [2.45, 2.75) is 0 Å². The Morgan fingerprint density at radius 1 is 0.309 bits per heavy atom. The Morgan fingerprint density at radius 2 is 0.873 bits per heavy atom. The number of hydrogen-bond acceptors (Lipinski definition) is 3. The summed E-state index contributed by atoms with van der Waals surface area (Å²) in [7, 11) is 0. The average Bonchev–Trinajstić information content (AvgIpc) is 3.61. The molecule has 0 saturated carbocycles. The Morgan fingerprint density at radius 3 is 1.65 bits per heavy atom. The van der Waals surface area contributed by atoms with Crippen LogP contribution in [-0.4, -0.2) is 19.5 Å². The zero-order chi connectivity index (χ0) is 36.3. The molecule has 0 atom stereocenters. The van der Waals surface area contributed by atoms with Crippen molar-refractivity contribution < 1.29 is 0 Å². The van der Waals surface area contributed by atoms with Crippen molar-refractivity contribution in [2.24, 2.45) is 0 Å². The third-order valence-electron chi connectivity index (χ3n) is 10.8. The average molecular weight is 701 g/mol. The van der Waals surface area contributed by atoms with Gasteiger partial charge in [-0.25, -0.2) is 15.0 Å². The van der Waals surface area contributed by atoms with Crippen molar-refractivity contribution >= 4 is 54.1 Å². The lowest BCUT2D eigenvalue weighted by atomic mass is 9.99. The molecule has 9 aromatic carbocycles. The van der Waals surface area contributed by atoms with Crippen LogP contribution in [0.15, 0.2) is 194 Å². The van der Waals surface area contributed by atoms with Crippen molar-refractivity contribution in [2.75, 3.05) is 0 Å². The zero-order valence-electron chi connectivity index (χ0n) is 29.8. The monoisotopic (exact) mass is 700 g/mol. The van der Waals surface area contributed by atoms with Crippen molar-refractivity contribution in [3.05, 3.63) is 194 Å². The summed E-state index contributed by atoms with van der Waals surface area (Å²) in [5.74, 6) is 1.90. The molecule has 0 unspecified atom stereocenters. The Bertz CT molecular complexity index is 3260. The van der Waals surface area contributed by atoms with Crippen LogP contribution < -0.4 is 0 Å². The zero-order valence-corrected chi connectivity index (χ0v) is 29.8. The van der Waals surface area contributed by atoms with Crippen LogP contribution >= 0.6 is 0 Å². The van der Waals surface area contributed by atoms with E-state index in [0.717, 1.165) is 44.1 Å². The van der Waals surface area contributed by atoms with E-state index in [1.807, 2.05) is 18.2 Å². The molecule has 0 N–H and O–H groups in total. The lowest BCUT2D eigenvalue weighted by Gasteiger charge is -2.15. The minimum Gasteiger partial charge on any atom is -0.309 e. The van der Waals surface area contributed by atoms with Gasteiger partial charge in [-0.1, -0.05) is 164 Å². The molecule has 11 aromatic rings. The van der Waals surface area contributed by atoms with Crippen LogP contribution in [0, 0.1) is 0 Å². The van der Waals surface area contributed by atoms with E-state index in [4.69, 9.17) is 15.0 Å². The Hall–Kier alpha value is -7.43. The van der Waals surface area contributed by atoms with Crippen LogP contribution in [0.4, 0.5) is 0 Å². The van der Waals surface area contributed by atoms with Gasteiger partial charge < -0.3 is 4.57 Å². The fourth-order valence-electron chi connectivity index (χ4n) is 8.14. The van der Waals surface area contributed by atoms with Gasteiger partial charge >= 0.3 is 0 Å². The highest BCUT2D eigenvalue weighted by molar-refractivity contribution is 6.19. The van der Waals surface area contributed by atoms with E-state index in [0.29, 0.717) is 17.5 Å². The van der Waals surface area contributed by atoms with E-state index >= 15 is 0 Å². The quantitative estimate of drug-likeness (QED) is 0.179. The summed E-state index contributed by atoms with van der Waals surface area (Å²) < 4.78 is 2.41. The predicted molar refractivity (Wildman–Crippen MR) is 228 cm³/mol. The number of benzene rings is 9. The lowest BCUT2D eigenvalue weighted by Crippen LogP contribution is -2.02. The number of nitrogens with zero attached hydrogens (tertiary/aromatic N) is 4. The van der Waals surface area contributed by atoms with Crippen LogP contribution in [0.2, 0.25) is 0 Å². The van der Waals surface area contributed by atoms with Gasteiger partial charge in [0.05, 0.1) is 11.0 Å². The van der Waals surface area contributed by atoms with E-state index < -0.39 is 0 Å². The maximum absolute atomic E-state index is 5.29. The molecule has 55 heavy (non-hydrogen) atoms. The Balaban J connectivity index is 1.15. The number of rotatable bonds is 5. The highest BCUT2D eigenvalue weighted by Crippen LogP contribution is 2.39. The second-order valence-corrected chi connectivity index (χ2v) is 14.1. The fourth-order valence-corrected chi connectivity index (χ4v) is 8.14. The number of hydrogen-bond donors (Lipinski definition) is 0. The first kappa shape index (κ1) is 31.1. The highest BCUT2D eigenvalue weighted by Gasteiger charge is 2.19. The summed E-state index contributed by atoms with van der Waals surface area (Å²) in [5.41, 5.74) is 8.62. The van der Waals surface area contributed by atoms with E-state index in [-0.39, 0.29) is 0 Å². The van der Waals surface area contributed by atoms with E-state index in [1.165, 1.54) is 43.6 Å². The molecular weight excluding hydrogens is 669 g/mol. The van der Waals surface area contributed by atoms with Gasteiger partial charge in [0.1, 0.15) is 0 Å². The third-order valence-corrected chi connectivity index (χ3v) is 10.8. The highest BCUT2D eigenvalue weighted by atomic mass is 15.0. The Labute approximate surface area is 317 Å². The van der Waals surface area contributed by atoms with Gasteiger partial charge in [-0.05, 0) is 68.4 Å². The summed E-state index contributed by atoms with van der Waals surface area (Å²) in [4.78, 5) is 15.6. The molecule has 256 valence electrons. The van der Waals surface area contributed by atoms with Crippen LogP contribution in [0.1, 0.15) is 0 Å². The molecule has 0 aliphatic rings. The second kappa shape index (κ2) is 12.6. The minimum atomic E-state index is 0.632. The van der Waals surface area contributed by atoms with Crippen LogP contribution in [0.3, 0.4) is 0 Å². The minimum absolute atomic E-state index is 0.632. The smallest absolute Gasteiger partial charge is 0.164 e. The van der Waals surface area contributed by atoms with Crippen molar-refractivity contribution in [3.8, 4) is 51.0 Å².